The van der Waals surface area contributed by atoms with Gasteiger partial charge in [0, 0.05) is 12.1 Å². The fourth-order valence-corrected chi connectivity index (χ4v) is 4.03. The number of para-hydroxylation sites is 1. The zero-order valence-electron chi connectivity index (χ0n) is 16.9. The van der Waals surface area contributed by atoms with Crippen LogP contribution in [0.1, 0.15) is 23.8 Å². The van der Waals surface area contributed by atoms with Crippen LogP contribution in [-0.4, -0.2) is 16.0 Å². The van der Waals surface area contributed by atoms with Crippen molar-refractivity contribution >= 4 is 40.3 Å². The number of thioether (sulfide) groups is 1. The molecule has 0 saturated carbocycles. The second kappa shape index (κ2) is 8.61. The van der Waals surface area contributed by atoms with Gasteiger partial charge in [-0.3, -0.25) is 14.9 Å². The highest BCUT2D eigenvalue weighted by Crippen LogP contribution is 2.34. The second-order valence-corrected chi connectivity index (χ2v) is 7.97. The first kappa shape index (κ1) is 20.6. The van der Waals surface area contributed by atoms with Gasteiger partial charge in [-0.05, 0) is 60.5 Å². The number of amides is 1. The summed E-state index contributed by atoms with van der Waals surface area (Å²) >= 11 is 1.22. The lowest BCUT2D eigenvalue weighted by Gasteiger charge is -2.02. The molecule has 1 aliphatic heterocycles. The second-order valence-electron chi connectivity index (χ2n) is 6.94. The highest BCUT2D eigenvalue weighted by atomic mass is 32.2. The van der Waals surface area contributed by atoms with E-state index in [1.807, 2.05) is 24.3 Å². The lowest BCUT2D eigenvalue weighted by Crippen LogP contribution is -2.19. The van der Waals surface area contributed by atoms with Crippen LogP contribution in [-0.2, 0) is 11.2 Å². The summed E-state index contributed by atoms with van der Waals surface area (Å²) in [5.74, 6) is 0.530. The van der Waals surface area contributed by atoms with Gasteiger partial charge in [0.05, 0.1) is 21.1 Å². The zero-order chi connectivity index (χ0) is 22.0. The molecular formula is C23H19N3O4S. The summed E-state index contributed by atoms with van der Waals surface area (Å²) in [6, 6.07) is 16.1. The van der Waals surface area contributed by atoms with E-state index in [-0.39, 0.29) is 11.6 Å². The number of amidine groups is 1. The number of carbonyl (C=O) groups is 1. The van der Waals surface area contributed by atoms with Gasteiger partial charge in [-0.1, -0.05) is 31.2 Å². The summed E-state index contributed by atoms with van der Waals surface area (Å²) in [5, 5.41) is 14.7. The third kappa shape index (κ3) is 4.44. The van der Waals surface area contributed by atoms with Gasteiger partial charge < -0.3 is 9.73 Å². The van der Waals surface area contributed by atoms with Gasteiger partial charge in [0.2, 0.25) is 0 Å². The van der Waals surface area contributed by atoms with Crippen LogP contribution >= 0.6 is 11.8 Å². The molecule has 2 aromatic carbocycles. The summed E-state index contributed by atoms with van der Waals surface area (Å²) < 4.78 is 5.79. The number of aryl methyl sites for hydroxylation is 2. The van der Waals surface area contributed by atoms with Crippen LogP contribution in [0.2, 0.25) is 0 Å². The molecule has 31 heavy (non-hydrogen) atoms. The standard InChI is InChI=1S/C23H19N3O4S/c1-3-15-6-4-5-7-18(15)24-23-25-22(27)21(31-23)13-16-9-11-20(30-16)17-10-8-14(2)12-19(17)26(28)29/h4-13H,3H2,1-2H3,(H,24,25,27). The van der Waals surface area contributed by atoms with Gasteiger partial charge in [0.25, 0.3) is 11.6 Å². The number of hydrogen-bond acceptors (Lipinski definition) is 6. The van der Waals surface area contributed by atoms with E-state index in [1.54, 1.807) is 37.3 Å². The molecule has 0 unspecified atom stereocenters. The zero-order valence-corrected chi connectivity index (χ0v) is 17.7. The number of benzene rings is 2. The van der Waals surface area contributed by atoms with Crippen LogP contribution in [0.4, 0.5) is 11.4 Å². The SMILES string of the molecule is CCc1ccccc1N=C1NC(=O)C(=Cc2ccc(-c3ccc(C)cc3[N+](=O)[O-])o2)S1. The molecule has 1 aromatic heterocycles. The van der Waals surface area contributed by atoms with Gasteiger partial charge in [-0.25, -0.2) is 4.99 Å². The van der Waals surface area contributed by atoms with Crippen molar-refractivity contribution < 1.29 is 14.1 Å². The van der Waals surface area contributed by atoms with Crippen molar-refractivity contribution in [3.63, 3.8) is 0 Å². The Balaban J connectivity index is 1.60. The quantitative estimate of drug-likeness (QED) is 0.320. The summed E-state index contributed by atoms with van der Waals surface area (Å²) in [4.78, 5) is 28.3. The van der Waals surface area contributed by atoms with Crippen LogP contribution in [0.25, 0.3) is 17.4 Å². The third-order valence-electron chi connectivity index (χ3n) is 4.76. The largest absolute Gasteiger partial charge is 0.456 e. The molecule has 1 fully saturated rings. The highest BCUT2D eigenvalue weighted by Gasteiger charge is 2.25. The van der Waals surface area contributed by atoms with E-state index in [9.17, 15) is 14.9 Å². The monoisotopic (exact) mass is 433 g/mol. The Labute approximate surface area is 183 Å². The van der Waals surface area contributed by atoms with Gasteiger partial charge in [0.1, 0.15) is 11.5 Å². The van der Waals surface area contributed by atoms with Gasteiger partial charge in [0.15, 0.2) is 5.17 Å². The first-order chi connectivity index (χ1) is 14.9. The van der Waals surface area contributed by atoms with Crippen molar-refractivity contribution in [3.8, 4) is 11.3 Å². The maximum absolute atomic E-state index is 12.4. The maximum Gasteiger partial charge on any atom is 0.280 e. The molecule has 0 atom stereocenters. The van der Waals surface area contributed by atoms with Crippen molar-refractivity contribution in [1.82, 2.24) is 5.32 Å². The van der Waals surface area contributed by atoms with Crippen molar-refractivity contribution in [2.45, 2.75) is 20.3 Å². The number of carbonyl (C=O) groups excluding carboxylic acids is 1. The van der Waals surface area contributed by atoms with Gasteiger partial charge >= 0.3 is 0 Å². The van der Waals surface area contributed by atoms with Crippen LogP contribution in [0.3, 0.4) is 0 Å². The Morgan fingerprint density at radius 2 is 2.00 bits per heavy atom. The molecule has 0 bridgehead atoms. The van der Waals surface area contributed by atoms with Crippen LogP contribution in [0.15, 0.2) is 68.9 Å². The van der Waals surface area contributed by atoms with E-state index in [0.29, 0.717) is 27.2 Å². The Morgan fingerprint density at radius 3 is 2.77 bits per heavy atom. The molecule has 4 rings (SSSR count). The van der Waals surface area contributed by atoms with Crippen molar-refractivity contribution in [2.24, 2.45) is 4.99 Å². The minimum absolute atomic E-state index is 0.0226. The highest BCUT2D eigenvalue weighted by molar-refractivity contribution is 8.18. The van der Waals surface area contributed by atoms with Crippen LogP contribution in [0.5, 0.6) is 0 Å². The number of furan rings is 1. The lowest BCUT2D eigenvalue weighted by molar-refractivity contribution is -0.384. The minimum atomic E-state index is -0.430. The van der Waals surface area contributed by atoms with Crippen molar-refractivity contribution in [3.05, 3.63) is 86.5 Å². The van der Waals surface area contributed by atoms with E-state index in [2.05, 4.69) is 17.2 Å². The fourth-order valence-electron chi connectivity index (χ4n) is 3.21. The summed E-state index contributed by atoms with van der Waals surface area (Å²) in [5.41, 5.74) is 3.08. The average molecular weight is 433 g/mol. The van der Waals surface area contributed by atoms with E-state index in [0.717, 1.165) is 23.2 Å². The molecule has 8 heteroatoms. The number of nitro benzene ring substituents is 1. The van der Waals surface area contributed by atoms with E-state index in [4.69, 9.17) is 4.42 Å². The number of aliphatic imine (C=N–C) groups is 1. The predicted octanol–water partition coefficient (Wildman–Crippen LogP) is 5.62. The molecule has 0 spiro atoms. The lowest BCUT2D eigenvalue weighted by atomic mass is 10.1. The molecule has 0 radical (unpaired) electrons. The molecule has 1 N–H and O–H groups in total. The topological polar surface area (TPSA) is 97.7 Å². The summed E-state index contributed by atoms with van der Waals surface area (Å²) in [6.07, 6.45) is 2.45. The van der Waals surface area contributed by atoms with E-state index >= 15 is 0 Å². The smallest absolute Gasteiger partial charge is 0.280 e. The summed E-state index contributed by atoms with van der Waals surface area (Å²) in [6.45, 7) is 3.85. The minimum Gasteiger partial charge on any atom is -0.456 e. The van der Waals surface area contributed by atoms with Crippen molar-refractivity contribution in [2.75, 3.05) is 0 Å². The van der Waals surface area contributed by atoms with Crippen LogP contribution in [0, 0.1) is 17.0 Å². The average Bonchev–Trinajstić information content (AvgIpc) is 3.35. The first-order valence-corrected chi connectivity index (χ1v) is 10.5. The van der Waals surface area contributed by atoms with E-state index < -0.39 is 4.92 Å². The Hall–Kier alpha value is -3.65. The first-order valence-electron chi connectivity index (χ1n) is 9.67. The molecule has 0 aliphatic carbocycles. The third-order valence-corrected chi connectivity index (χ3v) is 5.67. The maximum atomic E-state index is 12.4. The molecular weight excluding hydrogens is 414 g/mol. The molecule has 2 heterocycles. The molecule has 156 valence electrons. The molecule has 3 aromatic rings. The molecule has 1 aliphatic rings. The molecule has 1 saturated heterocycles. The number of nitrogens with zero attached hydrogens (tertiary/aromatic N) is 2. The predicted molar refractivity (Wildman–Crippen MR) is 122 cm³/mol. The number of nitrogens with one attached hydrogen (secondary N) is 1. The summed E-state index contributed by atoms with van der Waals surface area (Å²) in [7, 11) is 0. The Kier molecular flexibility index (Phi) is 5.73. The number of hydrogen-bond donors (Lipinski definition) is 1. The van der Waals surface area contributed by atoms with Crippen LogP contribution < -0.4 is 5.32 Å². The molecule has 7 nitrogen and oxygen atoms in total. The van der Waals surface area contributed by atoms with E-state index in [1.165, 1.54) is 17.8 Å². The fraction of sp³-hybridized carbons (Fsp3) is 0.130. The number of rotatable bonds is 5. The number of nitro groups is 1. The Bertz CT molecular complexity index is 1240. The Morgan fingerprint density at radius 1 is 1.19 bits per heavy atom. The van der Waals surface area contributed by atoms with Gasteiger partial charge in [-0.2, -0.15) is 0 Å². The van der Waals surface area contributed by atoms with Crippen molar-refractivity contribution in [1.29, 1.82) is 0 Å². The van der Waals surface area contributed by atoms with Gasteiger partial charge in [-0.15, -0.1) is 0 Å². The normalized spacial score (nSPS) is 16.1. The molecule has 1 amide bonds.